The Bertz CT molecular complexity index is 948. The van der Waals surface area contributed by atoms with Crippen LogP contribution in [-0.2, 0) is 16.0 Å². The van der Waals surface area contributed by atoms with Gasteiger partial charge < -0.3 is 10.1 Å². The molecule has 4 heteroatoms. The average Bonchev–Trinajstić information content (AvgIpc) is 2.61. The van der Waals surface area contributed by atoms with Gasteiger partial charge in [-0.05, 0) is 34.5 Å². The summed E-state index contributed by atoms with van der Waals surface area (Å²) in [6.07, 6.45) is -0.416. The highest BCUT2D eigenvalue weighted by atomic mass is 16.5. The fourth-order valence-electron chi connectivity index (χ4n) is 2.97. The SMILES string of the molecule is O=C1O[C@H](C(=O)Nc2ccc3ccccc3c2)Cc2ccccc21. The lowest BCUT2D eigenvalue weighted by atomic mass is 9.98. The van der Waals surface area contributed by atoms with E-state index in [9.17, 15) is 9.59 Å². The highest BCUT2D eigenvalue weighted by Crippen LogP contribution is 2.23. The van der Waals surface area contributed by atoms with E-state index < -0.39 is 12.1 Å². The van der Waals surface area contributed by atoms with Crippen LogP contribution in [0.2, 0.25) is 0 Å². The van der Waals surface area contributed by atoms with E-state index in [0.717, 1.165) is 16.3 Å². The Kier molecular flexibility index (Phi) is 3.50. The molecule has 0 saturated heterocycles. The van der Waals surface area contributed by atoms with Gasteiger partial charge in [-0.2, -0.15) is 0 Å². The molecule has 0 saturated carbocycles. The van der Waals surface area contributed by atoms with Gasteiger partial charge in [0, 0.05) is 12.1 Å². The lowest BCUT2D eigenvalue weighted by molar-refractivity contribution is -0.125. The number of esters is 1. The number of nitrogens with one attached hydrogen (secondary N) is 1. The van der Waals surface area contributed by atoms with E-state index >= 15 is 0 Å². The maximum Gasteiger partial charge on any atom is 0.339 e. The van der Waals surface area contributed by atoms with Crippen molar-refractivity contribution in [2.45, 2.75) is 12.5 Å². The first-order valence-electron chi connectivity index (χ1n) is 7.79. The molecule has 0 radical (unpaired) electrons. The fourth-order valence-corrected chi connectivity index (χ4v) is 2.97. The predicted molar refractivity (Wildman–Crippen MR) is 91.9 cm³/mol. The van der Waals surface area contributed by atoms with Gasteiger partial charge in [0.2, 0.25) is 0 Å². The van der Waals surface area contributed by atoms with Crippen molar-refractivity contribution in [1.82, 2.24) is 0 Å². The summed E-state index contributed by atoms with van der Waals surface area (Å²) in [5, 5.41) is 4.99. The summed E-state index contributed by atoms with van der Waals surface area (Å²) in [5.74, 6) is -0.761. The molecule has 1 amide bonds. The molecule has 1 N–H and O–H groups in total. The van der Waals surface area contributed by atoms with Gasteiger partial charge in [-0.25, -0.2) is 4.79 Å². The molecule has 0 unspecified atom stereocenters. The quantitative estimate of drug-likeness (QED) is 0.735. The number of carbonyl (C=O) groups excluding carboxylic acids is 2. The summed E-state index contributed by atoms with van der Waals surface area (Å²) < 4.78 is 5.28. The number of anilines is 1. The van der Waals surface area contributed by atoms with Crippen LogP contribution in [0, 0.1) is 0 Å². The second-order valence-corrected chi connectivity index (χ2v) is 5.81. The third kappa shape index (κ3) is 2.63. The molecule has 0 aromatic heterocycles. The van der Waals surface area contributed by atoms with Gasteiger partial charge in [0.25, 0.3) is 5.91 Å². The Morgan fingerprint density at radius 1 is 0.958 bits per heavy atom. The first kappa shape index (κ1) is 14.5. The van der Waals surface area contributed by atoms with E-state index in [1.807, 2.05) is 54.6 Å². The summed E-state index contributed by atoms with van der Waals surface area (Å²) in [6, 6.07) is 20.8. The monoisotopic (exact) mass is 317 g/mol. The van der Waals surface area contributed by atoms with Gasteiger partial charge >= 0.3 is 5.97 Å². The van der Waals surface area contributed by atoms with Crippen molar-refractivity contribution in [3.05, 3.63) is 77.9 Å². The lowest BCUT2D eigenvalue weighted by Crippen LogP contribution is -2.37. The van der Waals surface area contributed by atoms with E-state index in [1.54, 1.807) is 12.1 Å². The zero-order valence-electron chi connectivity index (χ0n) is 12.9. The summed E-state index contributed by atoms with van der Waals surface area (Å²) >= 11 is 0. The van der Waals surface area contributed by atoms with Crippen molar-refractivity contribution in [1.29, 1.82) is 0 Å². The smallest absolute Gasteiger partial charge is 0.339 e. The van der Waals surface area contributed by atoms with Crippen LogP contribution in [0.3, 0.4) is 0 Å². The maximum absolute atomic E-state index is 12.5. The molecule has 0 spiro atoms. The number of hydrogen-bond donors (Lipinski definition) is 1. The molecule has 4 rings (SSSR count). The molecule has 1 aliphatic rings. The van der Waals surface area contributed by atoms with E-state index in [1.165, 1.54) is 0 Å². The highest BCUT2D eigenvalue weighted by Gasteiger charge is 2.31. The van der Waals surface area contributed by atoms with Gasteiger partial charge in [-0.1, -0.05) is 48.5 Å². The van der Waals surface area contributed by atoms with E-state index in [2.05, 4.69) is 5.32 Å². The molecular formula is C20H15NO3. The first-order chi connectivity index (χ1) is 11.7. The fraction of sp³-hybridized carbons (Fsp3) is 0.100. The van der Waals surface area contributed by atoms with Gasteiger partial charge in [0.15, 0.2) is 6.10 Å². The van der Waals surface area contributed by atoms with Crippen molar-refractivity contribution in [3.63, 3.8) is 0 Å². The maximum atomic E-state index is 12.5. The number of benzene rings is 3. The minimum Gasteiger partial charge on any atom is -0.448 e. The molecule has 24 heavy (non-hydrogen) atoms. The molecule has 0 bridgehead atoms. The molecule has 1 heterocycles. The standard InChI is InChI=1S/C20H15NO3/c22-19(18-12-15-7-3-4-8-17(15)20(23)24-18)21-16-10-9-13-5-1-2-6-14(13)11-16/h1-11,18H,12H2,(H,21,22)/t18-/m0/s1. The van der Waals surface area contributed by atoms with Crippen LogP contribution in [-0.4, -0.2) is 18.0 Å². The van der Waals surface area contributed by atoms with Crippen molar-refractivity contribution >= 4 is 28.3 Å². The number of rotatable bonds is 2. The summed E-state index contributed by atoms with van der Waals surface area (Å²) in [7, 11) is 0. The third-order valence-corrected chi connectivity index (χ3v) is 4.20. The van der Waals surface area contributed by atoms with E-state index in [-0.39, 0.29) is 5.91 Å². The Hall–Kier alpha value is -3.14. The van der Waals surface area contributed by atoms with Crippen LogP contribution in [0.1, 0.15) is 15.9 Å². The number of hydrogen-bond acceptors (Lipinski definition) is 3. The minimum absolute atomic E-state index is 0.312. The number of cyclic esters (lactones) is 1. The Labute approximate surface area is 139 Å². The molecule has 4 nitrogen and oxygen atoms in total. The Balaban J connectivity index is 1.55. The molecule has 0 fully saturated rings. The number of ether oxygens (including phenoxy) is 1. The number of fused-ring (bicyclic) bond motifs is 2. The molecule has 3 aromatic rings. The molecule has 1 atom stereocenters. The van der Waals surface area contributed by atoms with Crippen LogP contribution < -0.4 is 5.32 Å². The van der Waals surface area contributed by atoms with Crippen LogP contribution >= 0.6 is 0 Å². The van der Waals surface area contributed by atoms with Gasteiger partial charge in [-0.15, -0.1) is 0 Å². The average molecular weight is 317 g/mol. The Morgan fingerprint density at radius 3 is 2.58 bits per heavy atom. The van der Waals surface area contributed by atoms with Crippen molar-refractivity contribution in [3.8, 4) is 0 Å². The van der Waals surface area contributed by atoms with E-state index in [4.69, 9.17) is 4.74 Å². The Morgan fingerprint density at radius 2 is 1.71 bits per heavy atom. The molecule has 118 valence electrons. The van der Waals surface area contributed by atoms with Crippen LogP contribution in [0.4, 0.5) is 5.69 Å². The molecular weight excluding hydrogens is 302 g/mol. The third-order valence-electron chi connectivity index (χ3n) is 4.20. The van der Waals surface area contributed by atoms with Crippen LogP contribution in [0.5, 0.6) is 0 Å². The lowest BCUT2D eigenvalue weighted by Gasteiger charge is -2.23. The molecule has 1 aliphatic heterocycles. The second kappa shape index (κ2) is 5.81. The minimum atomic E-state index is -0.807. The van der Waals surface area contributed by atoms with E-state index in [0.29, 0.717) is 17.7 Å². The van der Waals surface area contributed by atoms with Gasteiger partial charge in [-0.3, -0.25) is 4.79 Å². The summed E-state index contributed by atoms with van der Waals surface area (Å²) in [6.45, 7) is 0. The summed E-state index contributed by atoms with van der Waals surface area (Å²) in [5.41, 5.74) is 2.06. The van der Waals surface area contributed by atoms with Gasteiger partial charge in [0.05, 0.1) is 5.56 Å². The number of carbonyl (C=O) groups is 2. The molecule has 3 aromatic carbocycles. The zero-order chi connectivity index (χ0) is 16.5. The second-order valence-electron chi connectivity index (χ2n) is 5.81. The summed E-state index contributed by atoms with van der Waals surface area (Å²) in [4.78, 5) is 24.5. The number of amides is 1. The zero-order valence-corrected chi connectivity index (χ0v) is 12.9. The molecule has 0 aliphatic carbocycles. The van der Waals surface area contributed by atoms with Crippen molar-refractivity contribution in [2.75, 3.05) is 5.32 Å². The normalized spacial score (nSPS) is 16.3. The van der Waals surface area contributed by atoms with Crippen LogP contribution in [0.15, 0.2) is 66.7 Å². The topological polar surface area (TPSA) is 55.4 Å². The highest BCUT2D eigenvalue weighted by molar-refractivity contribution is 6.01. The first-order valence-corrected chi connectivity index (χ1v) is 7.79. The largest absolute Gasteiger partial charge is 0.448 e. The van der Waals surface area contributed by atoms with Gasteiger partial charge in [0.1, 0.15) is 0 Å². The van der Waals surface area contributed by atoms with Crippen molar-refractivity contribution < 1.29 is 14.3 Å². The van der Waals surface area contributed by atoms with Crippen molar-refractivity contribution in [2.24, 2.45) is 0 Å². The van der Waals surface area contributed by atoms with Crippen LogP contribution in [0.25, 0.3) is 10.8 Å². The predicted octanol–water partition coefficient (Wildman–Crippen LogP) is 3.56.